The average molecular weight is 257 g/mol. The van der Waals surface area contributed by atoms with E-state index in [1.807, 2.05) is 0 Å². The molecule has 17 heavy (non-hydrogen) atoms. The summed E-state index contributed by atoms with van der Waals surface area (Å²) in [6.45, 7) is 0. The van der Waals surface area contributed by atoms with Gasteiger partial charge in [-0.1, -0.05) is 0 Å². The number of hydrogen-bond acceptors (Lipinski definition) is 5. The maximum absolute atomic E-state index is 11.7. The Morgan fingerprint density at radius 3 is 2.76 bits per heavy atom. The van der Waals surface area contributed by atoms with Crippen LogP contribution < -0.4 is 4.72 Å². The maximum atomic E-state index is 11.7. The van der Waals surface area contributed by atoms with Gasteiger partial charge in [0.25, 0.3) is 10.0 Å². The van der Waals surface area contributed by atoms with E-state index in [0.717, 1.165) is 12.3 Å². The SMILES string of the molecule is O=C(O)c1cc(NS(=O)(=O)c2cnc[nH]2)n[nH]1. The van der Waals surface area contributed by atoms with Crippen LogP contribution in [0.25, 0.3) is 0 Å². The predicted octanol–water partition coefficient (Wildman–Crippen LogP) is -0.368. The minimum atomic E-state index is -3.83. The van der Waals surface area contributed by atoms with Crippen molar-refractivity contribution < 1.29 is 18.3 Å². The Morgan fingerprint density at radius 1 is 1.47 bits per heavy atom. The zero-order valence-electron chi connectivity index (χ0n) is 8.21. The van der Waals surface area contributed by atoms with Crippen molar-refractivity contribution in [2.24, 2.45) is 0 Å². The second-order valence-corrected chi connectivity index (χ2v) is 4.64. The molecule has 4 N–H and O–H groups in total. The van der Waals surface area contributed by atoms with E-state index in [1.54, 1.807) is 0 Å². The van der Waals surface area contributed by atoms with Gasteiger partial charge in [-0.25, -0.2) is 9.78 Å². The smallest absolute Gasteiger partial charge is 0.353 e. The van der Waals surface area contributed by atoms with Crippen LogP contribution in [-0.4, -0.2) is 39.7 Å². The summed E-state index contributed by atoms with van der Waals surface area (Å²) < 4.78 is 25.4. The average Bonchev–Trinajstić information content (AvgIpc) is 2.85. The van der Waals surface area contributed by atoms with Gasteiger partial charge in [-0.3, -0.25) is 9.82 Å². The molecule has 0 bridgehead atoms. The number of anilines is 1. The Labute approximate surface area is 94.9 Å². The zero-order chi connectivity index (χ0) is 12.5. The van der Waals surface area contributed by atoms with Crippen molar-refractivity contribution in [3.8, 4) is 0 Å². The lowest BCUT2D eigenvalue weighted by Gasteiger charge is -2.00. The van der Waals surface area contributed by atoms with Crippen LogP contribution in [0.2, 0.25) is 0 Å². The first-order valence-electron chi connectivity index (χ1n) is 4.29. The van der Waals surface area contributed by atoms with Gasteiger partial charge in [0.05, 0.1) is 12.5 Å². The van der Waals surface area contributed by atoms with Gasteiger partial charge in [0.2, 0.25) is 0 Å². The van der Waals surface area contributed by atoms with Crippen molar-refractivity contribution in [2.45, 2.75) is 5.03 Å². The summed E-state index contributed by atoms with van der Waals surface area (Å²) in [6.07, 6.45) is 2.33. The summed E-state index contributed by atoms with van der Waals surface area (Å²) in [5.74, 6) is -1.35. The summed E-state index contributed by atoms with van der Waals surface area (Å²) in [5.41, 5.74) is -0.215. The van der Waals surface area contributed by atoms with Gasteiger partial charge >= 0.3 is 5.97 Å². The number of carbonyl (C=O) groups is 1. The van der Waals surface area contributed by atoms with Crippen LogP contribution in [0, 0.1) is 0 Å². The molecule has 0 unspecified atom stereocenters. The molecular weight excluding hydrogens is 250 g/mol. The number of hydrogen-bond donors (Lipinski definition) is 4. The quantitative estimate of drug-likeness (QED) is 0.589. The summed E-state index contributed by atoms with van der Waals surface area (Å²) >= 11 is 0. The van der Waals surface area contributed by atoms with Crippen LogP contribution in [0.1, 0.15) is 10.5 Å². The molecule has 0 saturated carbocycles. The van der Waals surface area contributed by atoms with Crippen molar-refractivity contribution in [1.29, 1.82) is 0 Å². The predicted molar refractivity (Wildman–Crippen MR) is 54.9 cm³/mol. The first-order chi connectivity index (χ1) is 7.99. The van der Waals surface area contributed by atoms with E-state index in [4.69, 9.17) is 5.11 Å². The third-order valence-electron chi connectivity index (χ3n) is 1.81. The summed E-state index contributed by atoms with van der Waals surface area (Å²) in [7, 11) is -3.83. The highest BCUT2D eigenvalue weighted by Gasteiger charge is 2.18. The van der Waals surface area contributed by atoms with Crippen LogP contribution in [-0.2, 0) is 10.0 Å². The number of rotatable bonds is 4. The number of aromatic carboxylic acids is 1. The van der Waals surface area contributed by atoms with Gasteiger partial charge in [-0.2, -0.15) is 13.5 Å². The normalized spacial score (nSPS) is 11.3. The second kappa shape index (κ2) is 3.90. The van der Waals surface area contributed by atoms with Gasteiger partial charge in [0.15, 0.2) is 10.8 Å². The van der Waals surface area contributed by atoms with Crippen molar-refractivity contribution in [1.82, 2.24) is 20.2 Å². The largest absolute Gasteiger partial charge is 0.477 e. The Kier molecular flexibility index (Phi) is 2.55. The van der Waals surface area contributed by atoms with Crippen molar-refractivity contribution in [2.75, 3.05) is 4.72 Å². The molecule has 0 aliphatic heterocycles. The Balaban J connectivity index is 2.24. The van der Waals surface area contributed by atoms with Gasteiger partial charge in [-0.05, 0) is 0 Å². The number of aromatic amines is 2. The minimum Gasteiger partial charge on any atom is -0.477 e. The molecule has 0 atom stereocenters. The fraction of sp³-hybridized carbons (Fsp3) is 0. The van der Waals surface area contributed by atoms with E-state index in [0.29, 0.717) is 0 Å². The van der Waals surface area contributed by atoms with E-state index in [2.05, 4.69) is 24.9 Å². The van der Waals surface area contributed by atoms with E-state index in [9.17, 15) is 13.2 Å². The molecule has 2 heterocycles. The number of nitrogens with one attached hydrogen (secondary N) is 3. The highest BCUT2D eigenvalue weighted by atomic mass is 32.2. The summed E-state index contributed by atoms with van der Waals surface area (Å²) in [5, 5.41) is 14.1. The molecule has 0 amide bonds. The van der Waals surface area contributed by atoms with Crippen LogP contribution >= 0.6 is 0 Å². The molecule has 0 aliphatic carbocycles. The lowest BCUT2D eigenvalue weighted by atomic mass is 10.4. The first kappa shape index (κ1) is 11.1. The molecular formula is C7H7N5O4S. The Morgan fingerprint density at radius 2 is 2.24 bits per heavy atom. The molecule has 10 heteroatoms. The molecule has 0 aromatic carbocycles. The van der Waals surface area contributed by atoms with Gasteiger partial charge in [0.1, 0.15) is 5.69 Å². The van der Waals surface area contributed by atoms with Crippen LogP contribution in [0.15, 0.2) is 23.6 Å². The maximum Gasteiger partial charge on any atom is 0.353 e. The zero-order valence-corrected chi connectivity index (χ0v) is 9.02. The minimum absolute atomic E-state index is 0.114. The van der Waals surface area contributed by atoms with Crippen LogP contribution in [0.4, 0.5) is 5.82 Å². The number of carboxylic acid groups (broad SMARTS) is 1. The fourth-order valence-electron chi connectivity index (χ4n) is 1.07. The number of sulfonamides is 1. The van der Waals surface area contributed by atoms with E-state index in [-0.39, 0.29) is 16.5 Å². The molecule has 9 nitrogen and oxygen atoms in total. The highest BCUT2D eigenvalue weighted by Crippen LogP contribution is 2.12. The lowest BCUT2D eigenvalue weighted by molar-refractivity contribution is 0.0690. The molecule has 2 aromatic rings. The van der Waals surface area contributed by atoms with Gasteiger partial charge in [0, 0.05) is 6.07 Å². The van der Waals surface area contributed by atoms with E-state index < -0.39 is 16.0 Å². The monoisotopic (exact) mass is 257 g/mol. The topological polar surface area (TPSA) is 141 Å². The van der Waals surface area contributed by atoms with Gasteiger partial charge < -0.3 is 10.1 Å². The molecule has 0 aliphatic rings. The molecule has 2 aromatic heterocycles. The van der Waals surface area contributed by atoms with Crippen molar-refractivity contribution in [3.05, 3.63) is 24.3 Å². The Bertz CT molecular complexity index is 629. The van der Waals surface area contributed by atoms with Crippen LogP contribution in [0.5, 0.6) is 0 Å². The summed E-state index contributed by atoms with van der Waals surface area (Å²) in [4.78, 5) is 16.5. The Hall–Kier alpha value is -2.36. The number of imidazole rings is 1. The van der Waals surface area contributed by atoms with E-state index >= 15 is 0 Å². The standard InChI is InChI=1S/C7H7N5O4S/c13-7(14)4-1-5(11-10-4)12-17(15,16)6-2-8-3-9-6/h1-3H,(H,8,9)(H,13,14)(H2,10,11,12). The van der Waals surface area contributed by atoms with Gasteiger partial charge in [-0.15, -0.1) is 0 Å². The lowest BCUT2D eigenvalue weighted by Crippen LogP contribution is -2.13. The van der Waals surface area contributed by atoms with Crippen molar-refractivity contribution >= 4 is 21.8 Å². The third kappa shape index (κ3) is 2.25. The van der Waals surface area contributed by atoms with Crippen LogP contribution in [0.3, 0.4) is 0 Å². The molecule has 0 fully saturated rings. The molecule has 2 rings (SSSR count). The van der Waals surface area contributed by atoms with Crippen molar-refractivity contribution in [3.63, 3.8) is 0 Å². The number of nitrogens with zero attached hydrogens (tertiary/aromatic N) is 2. The number of carboxylic acids is 1. The third-order valence-corrected chi connectivity index (χ3v) is 3.09. The van der Waals surface area contributed by atoms with E-state index in [1.165, 1.54) is 6.33 Å². The molecule has 90 valence electrons. The molecule has 0 saturated heterocycles. The second-order valence-electron chi connectivity index (χ2n) is 2.99. The first-order valence-corrected chi connectivity index (χ1v) is 5.77. The highest BCUT2D eigenvalue weighted by molar-refractivity contribution is 7.92. The molecule has 0 radical (unpaired) electrons. The fourth-order valence-corrected chi connectivity index (χ4v) is 1.96. The molecule has 0 spiro atoms. The summed E-state index contributed by atoms with van der Waals surface area (Å²) in [6, 6.07) is 1.07. The number of aromatic nitrogens is 4. The number of H-pyrrole nitrogens is 2.